The van der Waals surface area contributed by atoms with Gasteiger partial charge in [-0.05, 0) is 30.5 Å². The summed E-state index contributed by atoms with van der Waals surface area (Å²) >= 11 is 7.59. The monoisotopic (exact) mass is 436 g/mol. The van der Waals surface area contributed by atoms with Crippen molar-refractivity contribution in [3.8, 4) is 0 Å². The molecule has 0 fully saturated rings. The maximum Gasteiger partial charge on any atom is 0.332 e. The molecule has 0 bridgehead atoms. The Hall–Kier alpha value is -2.03. The molecule has 29 heavy (non-hydrogen) atoms. The van der Waals surface area contributed by atoms with Gasteiger partial charge >= 0.3 is 5.69 Å². The molecule has 0 atom stereocenters. The summed E-state index contributed by atoms with van der Waals surface area (Å²) in [6.45, 7) is 2.66. The van der Waals surface area contributed by atoms with Crippen LogP contribution in [-0.4, -0.2) is 36.2 Å². The Bertz CT molecular complexity index is 1100. The van der Waals surface area contributed by atoms with Gasteiger partial charge in [0.25, 0.3) is 5.56 Å². The maximum atomic E-state index is 13.2. The van der Waals surface area contributed by atoms with Crippen LogP contribution >= 0.6 is 23.4 Å². The van der Waals surface area contributed by atoms with Crippen LogP contribution in [0.5, 0.6) is 0 Å². The van der Waals surface area contributed by atoms with E-state index < -0.39 is 5.69 Å². The molecule has 0 amide bonds. The number of aliphatic hydroxyl groups is 1. The molecule has 1 N–H and O–H groups in total. The average molecular weight is 437 g/mol. The molecule has 0 spiro atoms. The van der Waals surface area contributed by atoms with Gasteiger partial charge in [0.15, 0.2) is 16.3 Å². The lowest BCUT2D eigenvalue weighted by atomic mass is 10.2. The summed E-state index contributed by atoms with van der Waals surface area (Å²) in [6.07, 6.45) is 2.44. The van der Waals surface area contributed by atoms with Crippen LogP contribution in [0.4, 0.5) is 0 Å². The number of hydrogen-bond acceptors (Lipinski definition) is 5. The largest absolute Gasteiger partial charge is 0.396 e. The van der Waals surface area contributed by atoms with Gasteiger partial charge in [0.1, 0.15) is 0 Å². The average Bonchev–Trinajstić information content (AvgIpc) is 3.07. The minimum atomic E-state index is -0.419. The van der Waals surface area contributed by atoms with Gasteiger partial charge in [0, 0.05) is 31.0 Å². The summed E-state index contributed by atoms with van der Waals surface area (Å²) in [4.78, 5) is 30.5. The highest BCUT2D eigenvalue weighted by atomic mass is 35.5. The third-order valence-corrected chi connectivity index (χ3v) is 6.03. The number of aliphatic hydroxyl groups excluding tert-OH is 1. The summed E-state index contributed by atoms with van der Waals surface area (Å²) in [6, 6.07) is 7.46. The third-order valence-electron chi connectivity index (χ3n) is 4.72. The first kappa shape index (κ1) is 21.7. The number of nitrogens with zero attached hydrogens (tertiary/aromatic N) is 4. The van der Waals surface area contributed by atoms with E-state index >= 15 is 0 Å². The quantitative estimate of drug-likeness (QED) is 0.412. The standard InChI is InChI=1S/C20H25ClN4O3S/c1-3-4-12-29-19-22-17-16(25(19)13-14-6-8-15(21)9-7-14)18(27)24(10-5-11-26)20(28)23(17)2/h6-9,26H,3-5,10-13H2,1-2H3. The number of hydrogen-bond donors (Lipinski definition) is 1. The molecule has 3 rings (SSSR count). The van der Waals surface area contributed by atoms with Crippen LogP contribution in [0.3, 0.4) is 0 Å². The molecule has 0 aliphatic rings. The number of halogens is 1. The van der Waals surface area contributed by atoms with E-state index in [4.69, 9.17) is 16.7 Å². The highest BCUT2D eigenvalue weighted by molar-refractivity contribution is 7.99. The molecule has 156 valence electrons. The van der Waals surface area contributed by atoms with Crippen molar-refractivity contribution < 1.29 is 5.11 Å². The minimum Gasteiger partial charge on any atom is -0.396 e. The van der Waals surface area contributed by atoms with Gasteiger partial charge in [-0.25, -0.2) is 9.78 Å². The van der Waals surface area contributed by atoms with Gasteiger partial charge in [-0.15, -0.1) is 0 Å². The molecule has 0 saturated heterocycles. The first-order chi connectivity index (χ1) is 14.0. The second kappa shape index (κ2) is 9.65. The Morgan fingerprint density at radius 2 is 1.86 bits per heavy atom. The molecule has 0 aliphatic heterocycles. The number of thioether (sulfide) groups is 1. The molecule has 0 unspecified atom stereocenters. The fourth-order valence-electron chi connectivity index (χ4n) is 3.11. The van der Waals surface area contributed by atoms with Crippen molar-refractivity contribution in [3.05, 3.63) is 55.7 Å². The maximum absolute atomic E-state index is 13.2. The Labute approximate surface area is 177 Å². The summed E-state index contributed by atoms with van der Waals surface area (Å²) in [5, 5.41) is 10.5. The zero-order valence-electron chi connectivity index (χ0n) is 16.6. The van der Waals surface area contributed by atoms with Crippen molar-refractivity contribution in [1.82, 2.24) is 18.7 Å². The highest BCUT2D eigenvalue weighted by Crippen LogP contribution is 2.24. The van der Waals surface area contributed by atoms with E-state index in [1.807, 2.05) is 28.8 Å². The number of imidazole rings is 1. The summed E-state index contributed by atoms with van der Waals surface area (Å²) in [5.74, 6) is 0.882. The van der Waals surface area contributed by atoms with Gasteiger partial charge in [-0.1, -0.05) is 48.8 Å². The van der Waals surface area contributed by atoms with E-state index in [1.54, 1.807) is 18.8 Å². The lowest BCUT2D eigenvalue weighted by Crippen LogP contribution is -2.39. The number of unbranched alkanes of at least 4 members (excludes halogenated alkanes) is 1. The van der Waals surface area contributed by atoms with Crippen molar-refractivity contribution >= 4 is 34.5 Å². The molecular weight excluding hydrogens is 412 g/mol. The first-order valence-electron chi connectivity index (χ1n) is 9.66. The number of rotatable bonds is 9. The predicted octanol–water partition coefficient (Wildman–Crippen LogP) is 2.87. The van der Waals surface area contributed by atoms with Crippen LogP contribution < -0.4 is 11.2 Å². The van der Waals surface area contributed by atoms with Crippen LogP contribution in [0.1, 0.15) is 31.7 Å². The number of fused-ring (bicyclic) bond motifs is 1. The summed E-state index contributed by atoms with van der Waals surface area (Å²) in [7, 11) is 1.62. The first-order valence-corrected chi connectivity index (χ1v) is 11.0. The van der Waals surface area contributed by atoms with Crippen molar-refractivity contribution in [2.24, 2.45) is 7.05 Å². The predicted molar refractivity (Wildman–Crippen MR) is 117 cm³/mol. The van der Waals surface area contributed by atoms with E-state index in [1.165, 1.54) is 9.13 Å². The molecule has 0 radical (unpaired) electrons. The molecule has 0 aliphatic carbocycles. The van der Waals surface area contributed by atoms with Gasteiger partial charge in [-0.3, -0.25) is 13.9 Å². The number of aryl methyl sites for hydroxylation is 1. The fourth-order valence-corrected chi connectivity index (χ4v) is 4.32. The minimum absolute atomic E-state index is 0.0875. The summed E-state index contributed by atoms with van der Waals surface area (Å²) < 4.78 is 4.48. The van der Waals surface area contributed by atoms with E-state index in [2.05, 4.69) is 11.9 Å². The zero-order valence-corrected chi connectivity index (χ0v) is 18.2. The molecule has 3 aromatic rings. The molecule has 1 aromatic carbocycles. The Morgan fingerprint density at radius 1 is 1.14 bits per heavy atom. The molecule has 2 heterocycles. The Morgan fingerprint density at radius 3 is 2.52 bits per heavy atom. The van der Waals surface area contributed by atoms with Gasteiger partial charge in [0.2, 0.25) is 0 Å². The smallest absolute Gasteiger partial charge is 0.332 e. The van der Waals surface area contributed by atoms with Gasteiger partial charge in [0.05, 0.1) is 6.54 Å². The van der Waals surface area contributed by atoms with Crippen molar-refractivity contribution in [2.75, 3.05) is 12.4 Å². The Kier molecular flexibility index (Phi) is 7.21. The summed E-state index contributed by atoms with van der Waals surface area (Å²) in [5.41, 5.74) is 0.978. The SMILES string of the molecule is CCCCSc1nc2c(c(=O)n(CCCO)c(=O)n2C)n1Cc1ccc(Cl)cc1. The lowest BCUT2D eigenvalue weighted by molar-refractivity contribution is 0.277. The van der Waals surface area contributed by atoms with Crippen molar-refractivity contribution in [3.63, 3.8) is 0 Å². The van der Waals surface area contributed by atoms with E-state index in [-0.39, 0.29) is 18.7 Å². The second-order valence-electron chi connectivity index (χ2n) is 6.86. The van der Waals surface area contributed by atoms with Crippen LogP contribution in [0, 0.1) is 0 Å². The topological polar surface area (TPSA) is 82.1 Å². The highest BCUT2D eigenvalue weighted by Gasteiger charge is 2.20. The van der Waals surface area contributed by atoms with Crippen LogP contribution in [0.15, 0.2) is 39.0 Å². The molecule has 2 aromatic heterocycles. The number of aromatic nitrogens is 4. The van der Waals surface area contributed by atoms with Crippen LogP contribution in [0.2, 0.25) is 5.02 Å². The van der Waals surface area contributed by atoms with Crippen LogP contribution in [0.25, 0.3) is 11.2 Å². The third kappa shape index (κ3) is 4.60. The molecule has 7 nitrogen and oxygen atoms in total. The molecular formula is C20H25ClN4O3S. The molecule has 0 saturated carbocycles. The lowest BCUT2D eigenvalue weighted by Gasteiger charge is -2.11. The van der Waals surface area contributed by atoms with Crippen molar-refractivity contribution in [2.45, 2.75) is 44.4 Å². The second-order valence-corrected chi connectivity index (χ2v) is 8.36. The number of benzene rings is 1. The van der Waals surface area contributed by atoms with E-state index in [0.717, 1.165) is 29.3 Å². The van der Waals surface area contributed by atoms with Gasteiger partial charge in [-0.2, -0.15) is 0 Å². The zero-order chi connectivity index (χ0) is 21.0. The normalized spacial score (nSPS) is 11.4. The van der Waals surface area contributed by atoms with E-state index in [0.29, 0.717) is 29.2 Å². The van der Waals surface area contributed by atoms with Crippen molar-refractivity contribution in [1.29, 1.82) is 0 Å². The van der Waals surface area contributed by atoms with E-state index in [9.17, 15) is 9.59 Å². The van der Waals surface area contributed by atoms with Crippen LogP contribution in [-0.2, 0) is 20.1 Å². The Balaban J connectivity index is 2.18. The van der Waals surface area contributed by atoms with Gasteiger partial charge < -0.3 is 9.67 Å². The fraction of sp³-hybridized carbons (Fsp3) is 0.450. The molecule has 9 heteroatoms.